The molecule has 0 aliphatic heterocycles. The van der Waals surface area contributed by atoms with Crippen molar-refractivity contribution >= 4 is 6.29 Å². The Hall–Kier alpha value is -2.76. The van der Waals surface area contributed by atoms with Crippen molar-refractivity contribution in [3.05, 3.63) is 60.2 Å². The van der Waals surface area contributed by atoms with E-state index in [0.717, 1.165) is 12.1 Å². The molecule has 0 bridgehead atoms. The Morgan fingerprint density at radius 3 is 2.54 bits per heavy atom. The number of halogens is 3. The summed E-state index contributed by atoms with van der Waals surface area (Å²) < 4.78 is 49.6. The van der Waals surface area contributed by atoms with Crippen molar-refractivity contribution in [2.75, 3.05) is 13.7 Å². The topological polar surface area (TPSA) is 35.5 Å². The van der Waals surface area contributed by atoms with Crippen LogP contribution in [0.4, 0.5) is 13.2 Å². The van der Waals surface area contributed by atoms with E-state index in [1.54, 1.807) is 0 Å². The zero-order valence-electron chi connectivity index (χ0n) is 12.9. The maximum absolute atomic E-state index is 13.0. The molecule has 0 radical (unpaired) electrons. The highest BCUT2D eigenvalue weighted by Gasteiger charge is 2.30. The van der Waals surface area contributed by atoms with E-state index in [1.165, 1.54) is 37.5 Å². The van der Waals surface area contributed by atoms with Crippen molar-refractivity contribution in [3.63, 3.8) is 0 Å². The molecule has 0 unspecified atom stereocenters. The van der Waals surface area contributed by atoms with Gasteiger partial charge >= 0.3 is 6.18 Å². The van der Waals surface area contributed by atoms with E-state index >= 15 is 0 Å². The van der Waals surface area contributed by atoms with E-state index in [2.05, 4.69) is 6.58 Å². The van der Waals surface area contributed by atoms with Crippen molar-refractivity contribution in [3.8, 4) is 22.6 Å². The summed E-state index contributed by atoms with van der Waals surface area (Å²) in [6.45, 7) is 3.68. The minimum Gasteiger partial charge on any atom is -0.493 e. The van der Waals surface area contributed by atoms with E-state index in [-0.39, 0.29) is 29.2 Å². The third kappa shape index (κ3) is 3.76. The van der Waals surface area contributed by atoms with E-state index in [0.29, 0.717) is 11.8 Å². The van der Waals surface area contributed by atoms with Crippen molar-refractivity contribution < 1.29 is 27.4 Å². The molecular weight excluding hydrogens is 321 g/mol. The Kier molecular flexibility index (Phi) is 5.28. The van der Waals surface area contributed by atoms with Gasteiger partial charge in [0, 0.05) is 11.1 Å². The average Bonchev–Trinajstić information content (AvgIpc) is 2.58. The predicted molar refractivity (Wildman–Crippen MR) is 84.5 cm³/mol. The van der Waals surface area contributed by atoms with Gasteiger partial charge in [0.15, 0.2) is 11.5 Å². The van der Waals surface area contributed by atoms with Gasteiger partial charge < -0.3 is 9.47 Å². The van der Waals surface area contributed by atoms with E-state index in [4.69, 9.17) is 9.47 Å². The highest BCUT2D eigenvalue weighted by molar-refractivity contribution is 5.84. The number of carbonyl (C=O) groups excluding carboxylic acids is 1. The molecule has 2 rings (SSSR count). The number of ether oxygens (including phenoxy) is 2. The van der Waals surface area contributed by atoms with Gasteiger partial charge in [0.1, 0.15) is 12.9 Å². The third-order valence-electron chi connectivity index (χ3n) is 3.28. The third-order valence-corrected chi connectivity index (χ3v) is 3.28. The smallest absolute Gasteiger partial charge is 0.416 e. The summed E-state index contributed by atoms with van der Waals surface area (Å²) in [6.07, 6.45) is -2.37. The van der Waals surface area contributed by atoms with E-state index < -0.39 is 11.7 Å². The van der Waals surface area contributed by atoms with Crippen LogP contribution in [0.3, 0.4) is 0 Å². The van der Waals surface area contributed by atoms with Gasteiger partial charge in [-0.2, -0.15) is 13.2 Å². The lowest BCUT2D eigenvalue weighted by Gasteiger charge is -2.16. The maximum atomic E-state index is 13.0. The van der Waals surface area contributed by atoms with Gasteiger partial charge in [0.25, 0.3) is 0 Å². The molecule has 3 nitrogen and oxygen atoms in total. The fraction of sp³-hybridized carbons (Fsp3) is 0.167. The molecule has 2 aromatic rings. The van der Waals surface area contributed by atoms with Crippen molar-refractivity contribution in [2.45, 2.75) is 6.18 Å². The number of aldehydes is 1. The van der Waals surface area contributed by atoms with Gasteiger partial charge in [0.2, 0.25) is 0 Å². The number of methoxy groups -OCH3 is 1. The first-order chi connectivity index (χ1) is 11.4. The molecule has 6 heteroatoms. The van der Waals surface area contributed by atoms with Crippen molar-refractivity contribution in [2.24, 2.45) is 0 Å². The minimum atomic E-state index is -4.47. The van der Waals surface area contributed by atoms with Crippen molar-refractivity contribution in [1.82, 2.24) is 0 Å². The second-order valence-corrected chi connectivity index (χ2v) is 4.90. The average molecular weight is 336 g/mol. The van der Waals surface area contributed by atoms with Crippen LogP contribution >= 0.6 is 0 Å². The first-order valence-corrected chi connectivity index (χ1v) is 6.99. The Labute approximate surface area is 137 Å². The molecule has 0 N–H and O–H groups in total. The first kappa shape index (κ1) is 17.6. The highest BCUT2D eigenvalue weighted by Crippen LogP contribution is 2.41. The predicted octanol–water partition coefficient (Wildman–Crippen LogP) is 4.76. The standard InChI is InChI=1S/C18H15F3O3/c1-3-7-24-17-15(8-12(11-22)9-16(17)23-2)13-5-4-6-14(10-13)18(19,20)21/h3-6,8-11H,1,7H2,2H3. The van der Waals surface area contributed by atoms with Crippen LogP contribution in [0.5, 0.6) is 11.5 Å². The summed E-state index contributed by atoms with van der Waals surface area (Å²) in [5, 5.41) is 0. The molecule has 0 aliphatic carbocycles. The van der Waals surface area contributed by atoms with Crippen LogP contribution in [0.15, 0.2) is 49.1 Å². The lowest BCUT2D eigenvalue weighted by atomic mass is 9.99. The maximum Gasteiger partial charge on any atom is 0.416 e. The molecule has 0 fully saturated rings. The molecule has 24 heavy (non-hydrogen) atoms. The fourth-order valence-corrected chi connectivity index (χ4v) is 2.21. The van der Waals surface area contributed by atoms with E-state index in [9.17, 15) is 18.0 Å². The van der Waals surface area contributed by atoms with Gasteiger partial charge in [-0.05, 0) is 29.8 Å². The highest BCUT2D eigenvalue weighted by atomic mass is 19.4. The molecule has 0 amide bonds. The SMILES string of the molecule is C=CCOc1c(OC)cc(C=O)cc1-c1cccc(C(F)(F)F)c1. The molecule has 0 saturated heterocycles. The molecule has 126 valence electrons. The molecule has 0 aromatic heterocycles. The van der Waals surface area contributed by atoms with Gasteiger partial charge in [-0.15, -0.1) is 0 Å². The molecule has 0 heterocycles. The van der Waals surface area contributed by atoms with Crippen LogP contribution in [0.1, 0.15) is 15.9 Å². The Bertz CT molecular complexity index is 752. The molecule has 0 aliphatic rings. The largest absolute Gasteiger partial charge is 0.493 e. The fourth-order valence-electron chi connectivity index (χ4n) is 2.21. The van der Waals surface area contributed by atoms with Crippen LogP contribution in [-0.2, 0) is 6.18 Å². The quantitative estimate of drug-likeness (QED) is 0.564. The Morgan fingerprint density at radius 2 is 1.96 bits per heavy atom. The van der Waals surface area contributed by atoms with Crippen LogP contribution < -0.4 is 9.47 Å². The molecule has 0 saturated carbocycles. The summed E-state index contributed by atoms with van der Waals surface area (Å²) in [7, 11) is 1.39. The normalized spacial score (nSPS) is 11.0. The zero-order valence-corrected chi connectivity index (χ0v) is 12.9. The number of hydrogen-bond acceptors (Lipinski definition) is 3. The first-order valence-electron chi connectivity index (χ1n) is 6.99. The molecule has 0 atom stereocenters. The summed E-state index contributed by atoms with van der Waals surface area (Å²) in [5.74, 6) is 0.510. The van der Waals surface area contributed by atoms with Gasteiger partial charge in [-0.1, -0.05) is 24.8 Å². The zero-order chi connectivity index (χ0) is 17.7. The van der Waals surface area contributed by atoms with Crippen LogP contribution in [-0.4, -0.2) is 20.0 Å². The summed E-state index contributed by atoms with van der Waals surface area (Å²) >= 11 is 0. The number of rotatable bonds is 6. The van der Waals surface area contributed by atoms with Crippen molar-refractivity contribution in [1.29, 1.82) is 0 Å². The number of benzene rings is 2. The Balaban J connectivity index is 2.67. The Morgan fingerprint density at radius 1 is 1.21 bits per heavy atom. The van der Waals surface area contributed by atoms with Crippen LogP contribution in [0, 0.1) is 0 Å². The molecule has 0 spiro atoms. The number of hydrogen-bond donors (Lipinski definition) is 0. The number of carbonyl (C=O) groups is 1. The summed E-state index contributed by atoms with van der Waals surface area (Å²) in [6, 6.07) is 7.72. The van der Waals surface area contributed by atoms with Gasteiger partial charge in [-0.3, -0.25) is 4.79 Å². The summed E-state index contributed by atoms with van der Waals surface area (Å²) in [5.41, 5.74) is 0.0886. The van der Waals surface area contributed by atoms with E-state index in [1.807, 2.05) is 0 Å². The monoisotopic (exact) mass is 336 g/mol. The van der Waals surface area contributed by atoms with Gasteiger partial charge in [-0.25, -0.2) is 0 Å². The van der Waals surface area contributed by atoms with Crippen LogP contribution in [0.2, 0.25) is 0 Å². The molecular formula is C18H15F3O3. The van der Waals surface area contributed by atoms with Crippen LogP contribution in [0.25, 0.3) is 11.1 Å². The second kappa shape index (κ2) is 7.21. The van der Waals surface area contributed by atoms with Gasteiger partial charge in [0.05, 0.1) is 12.7 Å². The molecule has 2 aromatic carbocycles. The second-order valence-electron chi connectivity index (χ2n) is 4.90. The lowest BCUT2D eigenvalue weighted by Crippen LogP contribution is -2.05. The number of alkyl halides is 3. The minimum absolute atomic E-state index is 0.142. The lowest BCUT2D eigenvalue weighted by molar-refractivity contribution is -0.137. The summed E-state index contributed by atoms with van der Waals surface area (Å²) in [4.78, 5) is 11.1.